The van der Waals surface area contributed by atoms with Crippen LogP contribution in [-0.4, -0.2) is 25.0 Å². The molecule has 5 heteroatoms. The van der Waals surface area contributed by atoms with Crippen LogP contribution in [0.25, 0.3) is 0 Å². The van der Waals surface area contributed by atoms with Crippen molar-refractivity contribution >= 4 is 11.6 Å². The fourth-order valence-corrected chi connectivity index (χ4v) is 1.72. The number of nitrogens with one attached hydrogen (secondary N) is 1. The summed E-state index contributed by atoms with van der Waals surface area (Å²) in [6.45, 7) is 6.40. The topological polar surface area (TPSA) is 56.1 Å². The third-order valence-electron chi connectivity index (χ3n) is 2.60. The quantitative estimate of drug-likeness (QED) is 0.884. The number of rotatable bonds is 5. The molecule has 1 aromatic rings. The Morgan fingerprint density at radius 3 is 2.68 bits per heavy atom. The van der Waals surface area contributed by atoms with E-state index in [0.29, 0.717) is 12.2 Å². The smallest absolute Gasteiger partial charge is 0.239 e. The summed E-state index contributed by atoms with van der Waals surface area (Å²) in [7, 11) is 0. The summed E-state index contributed by atoms with van der Waals surface area (Å²) >= 11 is 0. The summed E-state index contributed by atoms with van der Waals surface area (Å²) in [5.41, 5.74) is 0.601. The number of benzene rings is 1. The standard InChI is InChI=1S/C14H18FN3O/c1-4-18(9-14(19)17-10(2)3)12-6-5-11(8-16)13(15)7-12/h5-7,10H,4,9H2,1-3H3,(H,17,19). The van der Waals surface area contributed by atoms with Crippen molar-refractivity contribution in [3.63, 3.8) is 0 Å². The van der Waals surface area contributed by atoms with Gasteiger partial charge >= 0.3 is 0 Å². The highest BCUT2D eigenvalue weighted by Crippen LogP contribution is 2.18. The van der Waals surface area contributed by atoms with Crippen molar-refractivity contribution in [2.24, 2.45) is 0 Å². The summed E-state index contributed by atoms with van der Waals surface area (Å²) in [6, 6.07) is 6.20. The van der Waals surface area contributed by atoms with Gasteiger partial charge in [0.25, 0.3) is 0 Å². The zero-order valence-electron chi connectivity index (χ0n) is 11.4. The van der Waals surface area contributed by atoms with Crippen molar-refractivity contribution < 1.29 is 9.18 Å². The van der Waals surface area contributed by atoms with E-state index in [4.69, 9.17) is 5.26 Å². The van der Waals surface area contributed by atoms with Gasteiger partial charge in [-0.05, 0) is 39.0 Å². The molecule has 1 N–H and O–H groups in total. The molecule has 0 atom stereocenters. The SMILES string of the molecule is CCN(CC(=O)NC(C)C)c1ccc(C#N)c(F)c1. The second kappa shape index (κ2) is 6.74. The van der Waals surface area contributed by atoms with E-state index < -0.39 is 5.82 Å². The number of anilines is 1. The molecule has 1 rings (SSSR count). The molecule has 4 nitrogen and oxygen atoms in total. The number of hydrogen-bond donors (Lipinski definition) is 1. The monoisotopic (exact) mass is 263 g/mol. The van der Waals surface area contributed by atoms with Gasteiger partial charge in [-0.15, -0.1) is 0 Å². The number of amides is 1. The first-order valence-corrected chi connectivity index (χ1v) is 6.21. The van der Waals surface area contributed by atoms with Crippen LogP contribution in [0.15, 0.2) is 18.2 Å². The number of hydrogen-bond acceptors (Lipinski definition) is 3. The van der Waals surface area contributed by atoms with E-state index >= 15 is 0 Å². The number of carbonyl (C=O) groups is 1. The van der Waals surface area contributed by atoms with Crippen molar-refractivity contribution in [3.05, 3.63) is 29.6 Å². The van der Waals surface area contributed by atoms with E-state index in [1.54, 1.807) is 17.0 Å². The molecule has 0 radical (unpaired) electrons. The zero-order valence-corrected chi connectivity index (χ0v) is 11.4. The fraction of sp³-hybridized carbons (Fsp3) is 0.429. The Hall–Kier alpha value is -2.09. The predicted octanol–water partition coefficient (Wildman–Crippen LogP) is 2.05. The Balaban J connectivity index is 2.83. The van der Waals surface area contributed by atoms with E-state index in [2.05, 4.69) is 5.32 Å². The molecule has 0 aliphatic carbocycles. The van der Waals surface area contributed by atoms with Crippen molar-refractivity contribution in [3.8, 4) is 6.07 Å². The maximum atomic E-state index is 13.5. The number of nitriles is 1. The third kappa shape index (κ3) is 4.25. The molecule has 0 spiro atoms. The molecule has 0 saturated heterocycles. The Morgan fingerprint density at radius 1 is 1.53 bits per heavy atom. The van der Waals surface area contributed by atoms with Gasteiger partial charge in [0.15, 0.2) is 0 Å². The van der Waals surface area contributed by atoms with Crippen LogP contribution in [0.1, 0.15) is 26.3 Å². The van der Waals surface area contributed by atoms with E-state index in [1.165, 1.54) is 12.1 Å². The first-order valence-electron chi connectivity index (χ1n) is 6.21. The van der Waals surface area contributed by atoms with Gasteiger partial charge in [-0.25, -0.2) is 4.39 Å². The molecule has 1 aromatic carbocycles. The summed E-state index contributed by atoms with van der Waals surface area (Å²) in [6.07, 6.45) is 0. The maximum absolute atomic E-state index is 13.5. The fourth-order valence-electron chi connectivity index (χ4n) is 1.72. The van der Waals surface area contributed by atoms with Crippen LogP contribution in [-0.2, 0) is 4.79 Å². The van der Waals surface area contributed by atoms with Gasteiger partial charge in [-0.3, -0.25) is 4.79 Å². The normalized spacial score (nSPS) is 10.1. The lowest BCUT2D eigenvalue weighted by molar-refractivity contribution is -0.120. The van der Waals surface area contributed by atoms with Gasteiger partial charge in [0.1, 0.15) is 11.9 Å². The van der Waals surface area contributed by atoms with Crippen LogP contribution in [0, 0.1) is 17.1 Å². The van der Waals surface area contributed by atoms with Crippen LogP contribution in [0.5, 0.6) is 0 Å². The molecular formula is C14H18FN3O. The first kappa shape index (κ1) is 15.0. The number of likely N-dealkylation sites (N-methyl/N-ethyl adjacent to an activating group) is 1. The van der Waals surface area contributed by atoms with Crippen molar-refractivity contribution in [2.75, 3.05) is 18.0 Å². The summed E-state index contributed by atoms with van der Waals surface area (Å²) in [5, 5.41) is 11.5. The van der Waals surface area contributed by atoms with Crippen LogP contribution in [0.4, 0.5) is 10.1 Å². The van der Waals surface area contributed by atoms with E-state index in [-0.39, 0.29) is 24.1 Å². The third-order valence-corrected chi connectivity index (χ3v) is 2.60. The average Bonchev–Trinajstić information content (AvgIpc) is 2.35. The Labute approximate surface area is 112 Å². The van der Waals surface area contributed by atoms with Crippen LogP contribution < -0.4 is 10.2 Å². The lowest BCUT2D eigenvalue weighted by Crippen LogP contribution is -2.40. The van der Waals surface area contributed by atoms with Crippen LogP contribution in [0.2, 0.25) is 0 Å². The minimum atomic E-state index is -0.567. The van der Waals surface area contributed by atoms with Crippen LogP contribution >= 0.6 is 0 Å². The van der Waals surface area contributed by atoms with Gasteiger partial charge < -0.3 is 10.2 Å². The van der Waals surface area contributed by atoms with Crippen LogP contribution in [0.3, 0.4) is 0 Å². The summed E-state index contributed by atoms with van der Waals surface area (Å²) in [4.78, 5) is 13.5. The lowest BCUT2D eigenvalue weighted by atomic mass is 10.2. The molecule has 1 amide bonds. The highest BCUT2D eigenvalue weighted by molar-refractivity contribution is 5.81. The van der Waals surface area contributed by atoms with Gasteiger partial charge in [-0.2, -0.15) is 5.26 Å². The number of halogens is 1. The molecule has 0 fully saturated rings. The molecule has 0 aliphatic heterocycles. The zero-order chi connectivity index (χ0) is 14.4. The van der Waals surface area contributed by atoms with Crippen molar-refractivity contribution in [1.29, 1.82) is 5.26 Å². The molecule has 0 heterocycles. The second-order valence-electron chi connectivity index (χ2n) is 4.51. The second-order valence-corrected chi connectivity index (χ2v) is 4.51. The van der Waals surface area contributed by atoms with E-state index in [9.17, 15) is 9.18 Å². The van der Waals surface area contributed by atoms with Crippen molar-refractivity contribution in [1.82, 2.24) is 5.32 Å². The number of carbonyl (C=O) groups excluding carboxylic acids is 1. The van der Waals surface area contributed by atoms with E-state index in [1.807, 2.05) is 20.8 Å². The Morgan fingerprint density at radius 2 is 2.21 bits per heavy atom. The Kier molecular flexibility index (Phi) is 5.31. The molecule has 0 unspecified atom stereocenters. The van der Waals surface area contributed by atoms with Gasteiger partial charge in [0.05, 0.1) is 12.1 Å². The minimum absolute atomic E-state index is 0.00596. The molecule has 0 aliphatic rings. The van der Waals surface area contributed by atoms with Gasteiger partial charge in [0.2, 0.25) is 5.91 Å². The molecule has 0 bridgehead atoms. The molecule has 102 valence electrons. The van der Waals surface area contributed by atoms with Crippen molar-refractivity contribution in [2.45, 2.75) is 26.8 Å². The largest absolute Gasteiger partial charge is 0.362 e. The lowest BCUT2D eigenvalue weighted by Gasteiger charge is -2.23. The number of nitrogens with zero attached hydrogens (tertiary/aromatic N) is 2. The molecule has 0 aromatic heterocycles. The predicted molar refractivity (Wildman–Crippen MR) is 72.3 cm³/mol. The molecule has 0 saturated carbocycles. The summed E-state index contributed by atoms with van der Waals surface area (Å²) < 4.78 is 13.5. The highest BCUT2D eigenvalue weighted by atomic mass is 19.1. The first-order chi connectivity index (χ1) is 8.97. The van der Waals surface area contributed by atoms with E-state index in [0.717, 1.165) is 0 Å². The highest BCUT2D eigenvalue weighted by Gasteiger charge is 2.12. The Bertz CT molecular complexity index is 494. The molecular weight excluding hydrogens is 245 g/mol. The maximum Gasteiger partial charge on any atom is 0.239 e. The average molecular weight is 263 g/mol. The molecule has 19 heavy (non-hydrogen) atoms. The summed E-state index contributed by atoms with van der Waals surface area (Å²) in [5.74, 6) is -0.677. The van der Waals surface area contributed by atoms with Gasteiger partial charge in [0, 0.05) is 18.3 Å². The van der Waals surface area contributed by atoms with Gasteiger partial charge in [-0.1, -0.05) is 0 Å². The minimum Gasteiger partial charge on any atom is -0.362 e.